The molecule has 0 saturated heterocycles. The van der Waals surface area contributed by atoms with Gasteiger partial charge < -0.3 is 18.9 Å². The maximum Gasteiger partial charge on any atom is 0.0562 e. The van der Waals surface area contributed by atoms with Crippen molar-refractivity contribution in [3.8, 4) is 55.9 Å². The molecular formula is C78H54N4. The Morgan fingerprint density at radius 2 is 0.500 bits per heavy atom. The molecule has 0 aliphatic heterocycles. The molecule has 15 aromatic rings. The van der Waals surface area contributed by atoms with Crippen LogP contribution in [0.15, 0.2) is 328 Å². The summed E-state index contributed by atoms with van der Waals surface area (Å²) >= 11 is 0. The SMILES string of the molecule is c1ccc(-c2cc(-n3c4ccccc4c4c(N(c5ccccc5)c5ccccc5)cccc43)ccc2-c2ccc(-c3ccc(-n4c5ccccc5c5c(N(c6ccccc6)c6ccccc6)cccc54)cc3-c3ccccc3)cc2)cc1. The summed E-state index contributed by atoms with van der Waals surface area (Å²) < 4.78 is 4.89. The first-order chi connectivity index (χ1) is 40.7. The van der Waals surface area contributed by atoms with E-state index in [9.17, 15) is 0 Å². The average Bonchev–Trinajstić information content (AvgIpc) is 4.31. The van der Waals surface area contributed by atoms with Gasteiger partial charge in [0, 0.05) is 55.7 Å². The number of aromatic nitrogens is 2. The summed E-state index contributed by atoms with van der Waals surface area (Å²) in [5, 5.41) is 4.81. The van der Waals surface area contributed by atoms with Gasteiger partial charge in [-0.15, -0.1) is 0 Å². The first-order valence-electron chi connectivity index (χ1n) is 28.1. The lowest BCUT2D eigenvalue weighted by atomic mass is 9.90. The first-order valence-corrected chi connectivity index (χ1v) is 28.1. The molecule has 0 N–H and O–H groups in total. The molecule has 0 saturated carbocycles. The second-order valence-electron chi connectivity index (χ2n) is 20.8. The van der Waals surface area contributed by atoms with Gasteiger partial charge in [-0.05, 0) is 154 Å². The molecule has 386 valence electrons. The number of benzene rings is 13. The number of anilines is 6. The summed E-state index contributed by atoms with van der Waals surface area (Å²) in [6, 6.07) is 119. The molecule has 82 heavy (non-hydrogen) atoms. The quantitative estimate of drug-likeness (QED) is 0.121. The van der Waals surface area contributed by atoms with Crippen LogP contribution in [0.5, 0.6) is 0 Å². The Morgan fingerprint density at radius 1 is 0.207 bits per heavy atom. The molecule has 13 aromatic carbocycles. The van der Waals surface area contributed by atoms with E-state index in [1.165, 1.54) is 43.8 Å². The van der Waals surface area contributed by atoms with E-state index in [-0.39, 0.29) is 0 Å². The zero-order valence-corrected chi connectivity index (χ0v) is 45.0. The zero-order chi connectivity index (χ0) is 54.3. The highest BCUT2D eigenvalue weighted by Crippen LogP contribution is 2.47. The molecule has 2 heterocycles. The smallest absolute Gasteiger partial charge is 0.0562 e. The molecule has 0 unspecified atom stereocenters. The summed E-state index contributed by atoms with van der Waals surface area (Å²) in [6.45, 7) is 0. The van der Waals surface area contributed by atoms with Crippen molar-refractivity contribution < 1.29 is 0 Å². The van der Waals surface area contributed by atoms with Gasteiger partial charge in [-0.25, -0.2) is 0 Å². The molecule has 0 radical (unpaired) electrons. The third-order valence-electron chi connectivity index (χ3n) is 16.1. The fourth-order valence-corrected chi connectivity index (χ4v) is 12.5. The van der Waals surface area contributed by atoms with Crippen LogP contribution in [-0.4, -0.2) is 9.13 Å². The molecule has 0 aliphatic rings. The molecule has 0 fully saturated rings. The van der Waals surface area contributed by atoms with Gasteiger partial charge in [0.25, 0.3) is 0 Å². The van der Waals surface area contributed by atoms with Gasteiger partial charge in [-0.1, -0.05) is 218 Å². The van der Waals surface area contributed by atoms with E-state index in [2.05, 4.69) is 347 Å². The standard InChI is InChI=1S/C78H54N4/c1-7-25-55(26-8-1)69-53-63(81-71-39-21-19-37-67(71)77-73(41-23-43-75(77)81)79(59-29-11-3-12-30-59)60-31-13-4-14-32-60)49-51-65(69)57-45-47-58(48-46-57)66-52-50-64(54-70(66)56-27-9-2-10-28-56)82-72-40-22-20-38-68(72)78-74(42-24-44-76(78)82)80(61-33-15-5-16-34-61)62-35-17-6-18-36-62/h1-54H. The monoisotopic (exact) mass is 1050 g/mol. The normalized spacial score (nSPS) is 11.4. The molecule has 0 atom stereocenters. The van der Waals surface area contributed by atoms with E-state index in [4.69, 9.17) is 0 Å². The Kier molecular flexibility index (Phi) is 12.2. The van der Waals surface area contributed by atoms with Crippen molar-refractivity contribution in [2.24, 2.45) is 0 Å². The van der Waals surface area contributed by atoms with Crippen molar-refractivity contribution in [2.45, 2.75) is 0 Å². The Hall–Kier alpha value is -10.9. The van der Waals surface area contributed by atoms with Gasteiger partial charge in [-0.2, -0.15) is 0 Å². The van der Waals surface area contributed by atoms with Gasteiger partial charge in [0.1, 0.15) is 0 Å². The van der Waals surface area contributed by atoms with Crippen molar-refractivity contribution in [2.75, 3.05) is 9.80 Å². The van der Waals surface area contributed by atoms with Gasteiger partial charge in [0.05, 0.1) is 33.4 Å². The second-order valence-corrected chi connectivity index (χ2v) is 20.8. The van der Waals surface area contributed by atoms with Crippen LogP contribution in [0.4, 0.5) is 34.1 Å². The van der Waals surface area contributed by atoms with Gasteiger partial charge in [0.15, 0.2) is 0 Å². The molecular weight excluding hydrogens is 993 g/mol. The maximum absolute atomic E-state index is 2.44. The van der Waals surface area contributed by atoms with E-state index < -0.39 is 0 Å². The van der Waals surface area contributed by atoms with Crippen LogP contribution in [0.1, 0.15) is 0 Å². The fraction of sp³-hybridized carbons (Fsp3) is 0. The number of rotatable bonds is 12. The van der Waals surface area contributed by atoms with Crippen LogP contribution in [0.25, 0.3) is 99.5 Å². The van der Waals surface area contributed by atoms with E-state index >= 15 is 0 Å². The Morgan fingerprint density at radius 3 is 0.854 bits per heavy atom. The molecule has 2 aromatic heterocycles. The van der Waals surface area contributed by atoms with Crippen LogP contribution < -0.4 is 9.80 Å². The highest BCUT2D eigenvalue weighted by atomic mass is 15.2. The number of fused-ring (bicyclic) bond motifs is 6. The van der Waals surface area contributed by atoms with Crippen molar-refractivity contribution in [3.05, 3.63) is 328 Å². The van der Waals surface area contributed by atoms with Crippen molar-refractivity contribution >= 4 is 77.7 Å². The molecule has 0 amide bonds. The van der Waals surface area contributed by atoms with E-state index in [1.54, 1.807) is 0 Å². The fourth-order valence-electron chi connectivity index (χ4n) is 12.5. The lowest BCUT2D eigenvalue weighted by Gasteiger charge is -2.26. The average molecular weight is 1050 g/mol. The second kappa shape index (κ2) is 20.7. The van der Waals surface area contributed by atoms with Crippen LogP contribution in [0.3, 0.4) is 0 Å². The predicted molar refractivity (Wildman–Crippen MR) is 346 cm³/mol. The summed E-state index contributed by atoms with van der Waals surface area (Å²) in [6.07, 6.45) is 0. The van der Waals surface area contributed by atoms with Gasteiger partial charge >= 0.3 is 0 Å². The van der Waals surface area contributed by atoms with E-state index in [0.29, 0.717) is 0 Å². The topological polar surface area (TPSA) is 16.3 Å². The van der Waals surface area contributed by atoms with Gasteiger partial charge in [0.2, 0.25) is 0 Å². The van der Waals surface area contributed by atoms with Crippen LogP contribution in [-0.2, 0) is 0 Å². The Labute approximate surface area is 477 Å². The molecule has 0 bridgehead atoms. The van der Waals surface area contributed by atoms with Crippen molar-refractivity contribution in [1.82, 2.24) is 9.13 Å². The molecule has 0 aliphatic carbocycles. The lowest BCUT2D eigenvalue weighted by Crippen LogP contribution is -2.10. The highest BCUT2D eigenvalue weighted by Gasteiger charge is 2.24. The Balaban J connectivity index is 0.846. The number of hydrogen-bond acceptors (Lipinski definition) is 2. The predicted octanol–water partition coefficient (Wildman–Crippen LogP) is 21.5. The third kappa shape index (κ3) is 8.41. The Bertz CT molecular complexity index is 4380. The minimum atomic E-state index is 1.10. The van der Waals surface area contributed by atoms with Crippen LogP contribution in [0, 0.1) is 0 Å². The summed E-state index contributed by atoms with van der Waals surface area (Å²) in [7, 11) is 0. The minimum absolute atomic E-state index is 1.10. The third-order valence-corrected chi connectivity index (χ3v) is 16.1. The number of hydrogen-bond donors (Lipinski definition) is 0. The molecule has 4 heteroatoms. The van der Waals surface area contributed by atoms with Gasteiger partial charge in [-0.3, -0.25) is 0 Å². The summed E-state index contributed by atoms with van der Waals surface area (Å²) in [5.41, 5.74) is 22.8. The largest absolute Gasteiger partial charge is 0.310 e. The zero-order valence-electron chi connectivity index (χ0n) is 45.0. The minimum Gasteiger partial charge on any atom is -0.310 e. The van der Waals surface area contributed by atoms with Crippen molar-refractivity contribution in [1.29, 1.82) is 0 Å². The molecule has 4 nitrogen and oxygen atoms in total. The molecule has 0 spiro atoms. The van der Waals surface area contributed by atoms with Crippen LogP contribution >= 0.6 is 0 Å². The summed E-state index contributed by atoms with van der Waals surface area (Å²) in [4.78, 5) is 4.76. The highest BCUT2D eigenvalue weighted by molar-refractivity contribution is 6.18. The summed E-state index contributed by atoms with van der Waals surface area (Å²) in [5.74, 6) is 0. The maximum atomic E-state index is 2.44. The first kappa shape index (κ1) is 48.2. The lowest BCUT2D eigenvalue weighted by molar-refractivity contribution is 1.18. The van der Waals surface area contributed by atoms with E-state index in [0.717, 1.165) is 89.8 Å². The van der Waals surface area contributed by atoms with E-state index in [1.807, 2.05) is 0 Å². The number of para-hydroxylation sites is 6. The van der Waals surface area contributed by atoms with Crippen LogP contribution in [0.2, 0.25) is 0 Å². The number of nitrogens with zero attached hydrogens (tertiary/aromatic N) is 4. The van der Waals surface area contributed by atoms with Crippen molar-refractivity contribution in [3.63, 3.8) is 0 Å². The molecule has 15 rings (SSSR count).